The van der Waals surface area contributed by atoms with Crippen molar-refractivity contribution in [3.8, 4) is 11.1 Å². The van der Waals surface area contributed by atoms with Crippen molar-refractivity contribution in [2.45, 2.75) is 6.92 Å². The van der Waals surface area contributed by atoms with E-state index in [1.165, 1.54) is 4.70 Å². The Labute approximate surface area is 115 Å². The molecule has 0 atom stereocenters. The highest BCUT2D eigenvalue weighted by molar-refractivity contribution is 7.18. The molecule has 3 heteroatoms. The van der Waals surface area contributed by atoms with Crippen LogP contribution in [0.25, 0.3) is 21.3 Å². The van der Waals surface area contributed by atoms with Crippen LogP contribution in [0.2, 0.25) is 5.02 Å². The third-order valence-corrected chi connectivity index (χ3v) is 4.20. The monoisotopic (exact) mass is 272 g/mol. The highest BCUT2D eigenvalue weighted by Gasteiger charge is 2.11. The molecule has 0 unspecified atom stereocenters. The van der Waals surface area contributed by atoms with Gasteiger partial charge in [0.15, 0.2) is 0 Å². The summed E-state index contributed by atoms with van der Waals surface area (Å²) >= 11 is 7.93. The van der Waals surface area contributed by atoms with Crippen molar-refractivity contribution in [2.24, 2.45) is 0 Å². The van der Waals surface area contributed by atoms with Crippen molar-refractivity contribution in [3.63, 3.8) is 0 Å². The Balaban J connectivity index is 2.30. The number of halogens is 1. The summed E-state index contributed by atoms with van der Waals surface area (Å²) in [6, 6.07) is 12.0. The predicted molar refractivity (Wildman–Crippen MR) is 79.3 cm³/mol. The van der Waals surface area contributed by atoms with Crippen molar-refractivity contribution >= 4 is 33.2 Å². The van der Waals surface area contributed by atoms with Crippen LogP contribution < -0.4 is 0 Å². The Morgan fingerprint density at radius 2 is 1.89 bits per heavy atom. The van der Waals surface area contributed by atoms with E-state index >= 15 is 0 Å². The summed E-state index contributed by atoms with van der Waals surface area (Å²) < 4.78 is 1.17. The van der Waals surface area contributed by atoms with E-state index in [-0.39, 0.29) is 0 Å². The first kappa shape index (κ1) is 11.7. The van der Waals surface area contributed by atoms with Crippen LogP contribution in [-0.4, -0.2) is 4.98 Å². The third-order valence-electron chi connectivity index (χ3n) is 2.94. The number of aryl methyl sites for hydroxylation is 1. The molecule has 0 amide bonds. The zero-order chi connectivity index (χ0) is 12.7. The van der Waals surface area contributed by atoms with E-state index in [0.29, 0.717) is 0 Å². The predicted octanol–water partition coefficient (Wildman–Crippen LogP) is 5.11. The van der Waals surface area contributed by atoms with Gasteiger partial charge in [0, 0.05) is 10.6 Å². The molecule has 0 aliphatic heterocycles. The summed E-state index contributed by atoms with van der Waals surface area (Å²) in [6.45, 7) is 6.18. The fourth-order valence-electron chi connectivity index (χ4n) is 2.09. The molecule has 1 heterocycles. The number of fused-ring (bicyclic) bond motifs is 1. The molecule has 0 fully saturated rings. The van der Waals surface area contributed by atoms with Gasteiger partial charge in [0.2, 0.25) is 0 Å². The highest BCUT2D eigenvalue weighted by Crippen LogP contribution is 2.35. The summed E-state index contributed by atoms with van der Waals surface area (Å²) in [4.78, 5) is 4.54. The second-order valence-corrected chi connectivity index (χ2v) is 5.79. The molecule has 89 valence electrons. The topological polar surface area (TPSA) is 12.9 Å². The normalized spacial score (nSPS) is 11.1. The van der Waals surface area contributed by atoms with E-state index in [1.807, 2.05) is 31.2 Å². The number of hydrogen-bond acceptors (Lipinski definition) is 2. The summed E-state index contributed by atoms with van der Waals surface area (Å²) in [5.74, 6) is 0. The summed E-state index contributed by atoms with van der Waals surface area (Å²) in [7, 11) is 0. The van der Waals surface area contributed by atoms with Gasteiger partial charge in [0.1, 0.15) is 0 Å². The maximum Gasteiger partial charge on any atom is 0.0907 e. The maximum atomic E-state index is 6.24. The second kappa shape index (κ2) is 4.38. The van der Waals surface area contributed by atoms with Gasteiger partial charge in [-0.3, -0.25) is 0 Å². The van der Waals surface area contributed by atoms with Crippen LogP contribution in [0.1, 0.15) is 10.6 Å². The average Bonchev–Trinajstić information content (AvgIpc) is 2.73. The number of nitrogens with zero attached hydrogens (tertiary/aromatic N) is 1. The van der Waals surface area contributed by atoms with Gasteiger partial charge in [-0.15, -0.1) is 11.3 Å². The lowest BCUT2D eigenvalue weighted by atomic mass is 10.00. The van der Waals surface area contributed by atoms with E-state index in [1.54, 1.807) is 11.3 Å². The summed E-state index contributed by atoms with van der Waals surface area (Å²) in [6.07, 6.45) is 0. The van der Waals surface area contributed by atoms with E-state index in [4.69, 9.17) is 11.6 Å². The molecule has 3 rings (SSSR count). The van der Waals surface area contributed by atoms with Crippen LogP contribution in [0.4, 0.5) is 0 Å². The standard InChI is InChI=1S/C15H11ClNS/c1-9-11(12-5-3-4-6-13(12)16)7-8-14-15(9)17-10(2)18-14/h3-8H,1H2,2H3. The number of thiazole rings is 1. The van der Waals surface area contributed by atoms with Crippen LogP contribution in [0, 0.1) is 13.8 Å². The SMILES string of the molecule is [CH2]c1c(-c2ccccc2Cl)ccc2sc(C)nc12. The van der Waals surface area contributed by atoms with Gasteiger partial charge in [-0.25, -0.2) is 4.98 Å². The van der Waals surface area contributed by atoms with Crippen LogP contribution in [-0.2, 0) is 0 Å². The van der Waals surface area contributed by atoms with Crippen molar-refractivity contribution < 1.29 is 0 Å². The van der Waals surface area contributed by atoms with E-state index in [0.717, 1.165) is 32.2 Å². The lowest BCUT2D eigenvalue weighted by Crippen LogP contribution is -1.86. The molecule has 0 spiro atoms. The zero-order valence-corrected chi connectivity index (χ0v) is 11.5. The second-order valence-electron chi connectivity index (χ2n) is 4.15. The molecular formula is C15H11ClNS. The molecule has 0 N–H and O–H groups in total. The molecule has 0 bridgehead atoms. The molecule has 2 aromatic carbocycles. The minimum atomic E-state index is 0.744. The van der Waals surface area contributed by atoms with Crippen molar-refractivity contribution in [1.29, 1.82) is 0 Å². The fraction of sp³-hybridized carbons (Fsp3) is 0.0667. The maximum absolute atomic E-state index is 6.24. The van der Waals surface area contributed by atoms with Crippen molar-refractivity contribution in [1.82, 2.24) is 4.98 Å². The largest absolute Gasteiger partial charge is 0.241 e. The highest BCUT2D eigenvalue weighted by atomic mass is 35.5. The number of hydrogen-bond donors (Lipinski definition) is 0. The van der Waals surface area contributed by atoms with E-state index in [9.17, 15) is 0 Å². The molecule has 0 aliphatic carbocycles. The fourth-order valence-corrected chi connectivity index (χ4v) is 3.19. The Bertz CT molecular complexity index is 730. The molecular weight excluding hydrogens is 262 g/mol. The minimum Gasteiger partial charge on any atom is -0.241 e. The van der Waals surface area contributed by atoms with E-state index in [2.05, 4.69) is 24.0 Å². The molecule has 0 saturated heterocycles. The molecule has 1 aromatic heterocycles. The molecule has 18 heavy (non-hydrogen) atoms. The zero-order valence-electron chi connectivity index (χ0n) is 9.90. The Kier molecular flexibility index (Phi) is 2.84. The average molecular weight is 273 g/mol. The van der Waals surface area contributed by atoms with Gasteiger partial charge in [-0.1, -0.05) is 35.9 Å². The summed E-state index contributed by atoms with van der Waals surface area (Å²) in [5, 5.41) is 1.81. The van der Waals surface area contributed by atoms with Gasteiger partial charge in [0.25, 0.3) is 0 Å². The minimum absolute atomic E-state index is 0.744. The third kappa shape index (κ3) is 1.82. The first-order chi connectivity index (χ1) is 8.66. The smallest absolute Gasteiger partial charge is 0.0907 e. The first-order valence-electron chi connectivity index (χ1n) is 5.64. The molecule has 0 aliphatic rings. The summed E-state index contributed by atoms with van der Waals surface area (Å²) in [5.41, 5.74) is 4.00. The van der Waals surface area contributed by atoms with Crippen LogP contribution >= 0.6 is 22.9 Å². The molecule has 1 nitrogen and oxygen atoms in total. The molecule has 0 saturated carbocycles. The quantitative estimate of drug-likeness (QED) is 0.600. The van der Waals surface area contributed by atoms with Crippen LogP contribution in [0.15, 0.2) is 36.4 Å². The van der Waals surface area contributed by atoms with Gasteiger partial charge >= 0.3 is 0 Å². The van der Waals surface area contributed by atoms with Gasteiger partial charge in [0.05, 0.1) is 15.2 Å². The first-order valence-corrected chi connectivity index (χ1v) is 6.83. The number of benzene rings is 2. The Morgan fingerprint density at radius 1 is 1.11 bits per heavy atom. The van der Waals surface area contributed by atoms with Gasteiger partial charge in [-0.2, -0.15) is 0 Å². The van der Waals surface area contributed by atoms with Gasteiger partial charge in [-0.05, 0) is 37.1 Å². The number of rotatable bonds is 1. The van der Waals surface area contributed by atoms with Crippen molar-refractivity contribution in [2.75, 3.05) is 0 Å². The molecule has 3 aromatic rings. The lowest BCUT2D eigenvalue weighted by Gasteiger charge is -2.08. The van der Waals surface area contributed by atoms with Crippen molar-refractivity contribution in [3.05, 3.63) is 58.9 Å². The van der Waals surface area contributed by atoms with Gasteiger partial charge < -0.3 is 0 Å². The lowest BCUT2D eigenvalue weighted by molar-refractivity contribution is 1.34. The van der Waals surface area contributed by atoms with Crippen LogP contribution in [0.3, 0.4) is 0 Å². The Hall–Kier alpha value is -1.38. The Morgan fingerprint density at radius 3 is 2.67 bits per heavy atom. The van der Waals surface area contributed by atoms with E-state index < -0.39 is 0 Å². The molecule has 1 radical (unpaired) electrons. The van der Waals surface area contributed by atoms with Crippen LogP contribution in [0.5, 0.6) is 0 Å². The number of aromatic nitrogens is 1.